The number of nitrogens with one attached hydrogen (secondary N) is 1. The number of likely N-dealkylation sites (tertiary alicyclic amines) is 1. The first-order valence-electron chi connectivity index (χ1n) is 7.85. The highest BCUT2D eigenvalue weighted by Gasteiger charge is 2.45. The molecule has 0 aromatic carbocycles. The summed E-state index contributed by atoms with van der Waals surface area (Å²) in [6.07, 6.45) is 1.12. The Labute approximate surface area is 137 Å². The average Bonchev–Trinajstić information content (AvgIpc) is 2.86. The van der Waals surface area contributed by atoms with Crippen molar-refractivity contribution in [2.45, 2.75) is 58.2 Å². The second-order valence-electron chi connectivity index (χ2n) is 7.83. The minimum absolute atomic E-state index is 0.00892. The number of hydrogen-bond acceptors (Lipinski definition) is 4. The summed E-state index contributed by atoms with van der Waals surface area (Å²) in [5.41, 5.74) is -0.955. The Kier molecular flexibility index (Phi) is 5.00. The standard InChI is InChI=1S/C17H28N2O2S/c1-16(2,3)11-13(20)18-15-14(12-7-6-10-22-12)19(5)9-8-17(15,4)21/h6-7,10,14-15,21H,8-9,11H2,1-5H3,(H,18,20)/t14-,15-,17+/m0/s1. The van der Waals surface area contributed by atoms with E-state index >= 15 is 0 Å². The molecule has 2 rings (SSSR count). The summed E-state index contributed by atoms with van der Waals surface area (Å²) >= 11 is 1.67. The Morgan fingerprint density at radius 3 is 2.77 bits per heavy atom. The number of likely N-dealkylation sites (N-methyl/N-ethyl adjacent to an activating group) is 1. The third kappa shape index (κ3) is 4.09. The van der Waals surface area contributed by atoms with Crippen LogP contribution in [-0.4, -0.2) is 41.1 Å². The van der Waals surface area contributed by atoms with E-state index in [4.69, 9.17) is 0 Å². The van der Waals surface area contributed by atoms with Gasteiger partial charge in [0.2, 0.25) is 5.91 Å². The van der Waals surface area contributed by atoms with Crippen LogP contribution in [0.4, 0.5) is 0 Å². The maximum Gasteiger partial charge on any atom is 0.220 e. The topological polar surface area (TPSA) is 52.6 Å². The molecule has 2 N–H and O–H groups in total. The summed E-state index contributed by atoms with van der Waals surface area (Å²) in [5.74, 6) is 0.00892. The number of thiophene rings is 1. The minimum atomic E-state index is -0.894. The van der Waals surface area contributed by atoms with Crippen LogP contribution in [-0.2, 0) is 4.79 Å². The first-order valence-corrected chi connectivity index (χ1v) is 8.73. The zero-order valence-electron chi connectivity index (χ0n) is 14.2. The van der Waals surface area contributed by atoms with Gasteiger partial charge in [0.25, 0.3) is 0 Å². The molecular formula is C17H28N2O2S. The number of carbonyl (C=O) groups is 1. The fourth-order valence-corrected chi connectivity index (χ4v) is 4.00. The molecular weight excluding hydrogens is 296 g/mol. The zero-order chi connectivity index (χ0) is 16.5. The van der Waals surface area contributed by atoms with Crippen molar-refractivity contribution in [3.63, 3.8) is 0 Å². The molecule has 1 aromatic heterocycles. The number of piperidine rings is 1. The van der Waals surface area contributed by atoms with E-state index < -0.39 is 5.60 Å². The highest BCUT2D eigenvalue weighted by Crippen LogP contribution is 2.38. The van der Waals surface area contributed by atoms with Crippen molar-refractivity contribution < 1.29 is 9.90 Å². The lowest BCUT2D eigenvalue weighted by Crippen LogP contribution is -2.61. The van der Waals surface area contributed by atoms with Crippen molar-refractivity contribution in [1.82, 2.24) is 10.2 Å². The van der Waals surface area contributed by atoms with Gasteiger partial charge in [0.1, 0.15) is 0 Å². The molecule has 1 aromatic rings. The Morgan fingerprint density at radius 2 is 2.23 bits per heavy atom. The van der Waals surface area contributed by atoms with E-state index in [2.05, 4.69) is 44.1 Å². The monoisotopic (exact) mass is 324 g/mol. The highest BCUT2D eigenvalue weighted by molar-refractivity contribution is 7.10. The summed E-state index contributed by atoms with van der Waals surface area (Å²) in [5, 5.41) is 16.0. The predicted octanol–water partition coefficient (Wildman–Crippen LogP) is 2.80. The summed E-state index contributed by atoms with van der Waals surface area (Å²) in [7, 11) is 2.06. The molecule has 0 radical (unpaired) electrons. The number of hydrogen-bond donors (Lipinski definition) is 2. The summed E-state index contributed by atoms with van der Waals surface area (Å²) in [6.45, 7) is 8.81. The van der Waals surface area contributed by atoms with Crippen LogP contribution in [0, 0.1) is 5.41 Å². The van der Waals surface area contributed by atoms with Crippen LogP contribution in [0.15, 0.2) is 17.5 Å². The average molecular weight is 324 g/mol. The largest absolute Gasteiger partial charge is 0.388 e. The molecule has 1 fully saturated rings. The lowest BCUT2D eigenvalue weighted by Gasteiger charge is -2.47. The summed E-state index contributed by atoms with van der Waals surface area (Å²) < 4.78 is 0. The smallest absolute Gasteiger partial charge is 0.220 e. The molecule has 1 saturated heterocycles. The molecule has 0 bridgehead atoms. The van der Waals surface area contributed by atoms with Crippen LogP contribution >= 0.6 is 11.3 Å². The molecule has 2 heterocycles. The molecule has 1 amide bonds. The summed E-state index contributed by atoms with van der Waals surface area (Å²) in [4.78, 5) is 15.8. The van der Waals surface area contributed by atoms with Crippen molar-refractivity contribution in [2.75, 3.05) is 13.6 Å². The Hall–Kier alpha value is -0.910. The van der Waals surface area contributed by atoms with Crippen LogP contribution in [0.25, 0.3) is 0 Å². The molecule has 124 valence electrons. The molecule has 0 unspecified atom stereocenters. The van der Waals surface area contributed by atoms with E-state index in [1.807, 2.05) is 18.4 Å². The van der Waals surface area contributed by atoms with Crippen LogP contribution < -0.4 is 5.32 Å². The van der Waals surface area contributed by atoms with Gasteiger partial charge >= 0.3 is 0 Å². The quantitative estimate of drug-likeness (QED) is 0.899. The number of amides is 1. The van der Waals surface area contributed by atoms with Crippen molar-refractivity contribution in [1.29, 1.82) is 0 Å². The van der Waals surface area contributed by atoms with Crippen LogP contribution in [0.3, 0.4) is 0 Å². The van der Waals surface area contributed by atoms with E-state index in [9.17, 15) is 9.90 Å². The third-order valence-electron chi connectivity index (χ3n) is 4.27. The zero-order valence-corrected chi connectivity index (χ0v) is 15.0. The van der Waals surface area contributed by atoms with Crippen molar-refractivity contribution in [3.05, 3.63) is 22.4 Å². The molecule has 0 saturated carbocycles. The van der Waals surface area contributed by atoms with Gasteiger partial charge in [-0.15, -0.1) is 11.3 Å². The van der Waals surface area contributed by atoms with E-state index in [-0.39, 0.29) is 23.4 Å². The van der Waals surface area contributed by atoms with E-state index in [0.717, 1.165) is 6.54 Å². The maximum absolute atomic E-state index is 12.4. The van der Waals surface area contributed by atoms with Crippen LogP contribution in [0.5, 0.6) is 0 Å². The van der Waals surface area contributed by atoms with Crippen LogP contribution in [0.1, 0.15) is 51.5 Å². The van der Waals surface area contributed by atoms with Gasteiger partial charge in [-0.25, -0.2) is 0 Å². The molecule has 3 atom stereocenters. The number of carbonyl (C=O) groups excluding carboxylic acids is 1. The number of aliphatic hydroxyl groups is 1. The normalized spacial score (nSPS) is 30.3. The first-order chi connectivity index (χ1) is 10.1. The molecule has 1 aliphatic rings. The van der Waals surface area contributed by atoms with Crippen LogP contribution in [0.2, 0.25) is 0 Å². The summed E-state index contributed by atoms with van der Waals surface area (Å²) in [6, 6.07) is 3.83. The van der Waals surface area contributed by atoms with E-state index in [0.29, 0.717) is 12.8 Å². The molecule has 4 nitrogen and oxygen atoms in total. The Balaban J connectivity index is 2.23. The molecule has 1 aliphatic heterocycles. The lowest BCUT2D eigenvalue weighted by molar-refractivity contribution is -0.129. The van der Waals surface area contributed by atoms with Crippen molar-refractivity contribution in [3.8, 4) is 0 Å². The molecule has 0 spiro atoms. The molecule has 22 heavy (non-hydrogen) atoms. The highest BCUT2D eigenvalue weighted by atomic mass is 32.1. The van der Waals surface area contributed by atoms with Gasteiger partial charge in [-0.2, -0.15) is 0 Å². The minimum Gasteiger partial charge on any atom is -0.388 e. The van der Waals surface area contributed by atoms with Gasteiger partial charge in [0.05, 0.1) is 17.7 Å². The third-order valence-corrected chi connectivity index (χ3v) is 5.22. The fraction of sp³-hybridized carbons (Fsp3) is 0.706. The second kappa shape index (κ2) is 6.30. The van der Waals surface area contributed by atoms with Gasteiger partial charge in [0.15, 0.2) is 0 Å². The van der Waals surface area contributed by atoms with E-state index in [1.165, 1.54) is 4.88 Å². The Morgan fingerprint density at radius 1 is 1.55 bits per heavy atom. The van der Waals surface area contributed by atoms with Crippen molar-refractivity contribution >= 4 is 17.2 Å². The maximum atomic E-state index is 12.4. The van der Waals surface area contributed by atoms with Gasteiger partial charge in [0, 0.05) is 17.8 Å². The first kappa shape index (κ1) is 17.4. The van der Waals surface area contributed by atoms with Gasteiger partial charge in [-0.1, -0.05) is 26.8 Å². The Bertz CT molecular complexity index is 505. The number of rotatable bonds is 3. The van der Waals surface area contributed by atoms with E-state index in [1.54, 1.807) is 11.3 Å². The fourth-order valence-electron chi connectivity index (χ4n) is 3.07. The van der Waals surface area contributed by atoms with Gasteiger partial charge in [-0.05, 0) is 37.3 Å². The molecule has 0 aliphatic carbocycles. The van der Waals surface area contributed by atoms with Crippen molar-refractivity contribution in [2.24, 2.45) is 5.41 Å². The number of nitrogens with zero attached hydrogens (tertiary/aromatic N) is 1. The predicted molar refractivity (Wildman–Crippen MR) is 90.9 cm³/mol. The van der Waals surface area contributed by atoms with Gasteiger partial charge in [-0.3, -0.25) is 9.69 Å². The second-order valence-corrected chi connectivity index (χ2v) is 8.81. The SMILES string of the molecule is CN1CC[C@@](C)(O)[C@@H](NC(=O)CC(C)(C)C)[C@@H]1c1cccs1. The van der Waals surface area contributed by atoms with Gasteiger partial charge < -0.3 is 10.4 Å². The lowest BCUT2D eigenvalue weighted by atomic mass is 9.81. The molecule has 5 heteroatoms.